The van der Waals surface area contributed by atoms with E-state index >= 15 is 0 Å². The Morgan fingerprint density at radius 1 is 1.26 bits per heavy atom. The molecule has 0 bridgehead atoms. The number of carbonyl (C=O) groups is 1. The first kappa shape index (κ1) is 15.4. The first-order valence-corrected chi connectivity index (χ1v) is 6.65. The van der Waals surface area contributed by atoms with Crippen LogP contribution in [0.5, 0.6) is 0 Å². The van der Waals surface area contributed by atoms with Crippen LogP contribution < -0.4 is 10.9 Å². The molecule has 0 fully saturated rings. The molecule has 5 heteroatoms. The van der Waals surface area contributed by atoms with Crippen LogP contribution in [0.3, 0.4) is 0 Å². The number of hydrogen-bond acceptors (Lipinski definition) is 3. The van der Waals surface area contributed by atoms with E-state index in [0.29, 0.717) is 24.3 Å². The molecule has 0 radical (unpaired) electrons. The van der Waals surface area contributed by atoms with Crippen LogP contribution >= 0.6 is 0 Å². The van der Waals surface area contributed by atoms with Gasteiger partial charge in [0.05, 0.1) is 0 Å². The average molecular weight is 265 g/mol. The summed E-state index contributed by atoms with van der Waals surface area (Å²) in [6.45, 7) is 9.89. The van der Waals surface area contributed by atoms with Crippen LogP contribution in [0.2, 0.25) is 0 Å². The van der Waals surface area contributed by atoms with Crippen LogP contribution in [0.25, 0.3) is 0 Å². The fourth-order valence-corrected chi connectivity index (χ4v) is 2.09. The second kappa shape index (κ2) is 7.09. The van der Waals surface area contributed by atoms with Crippen molar-refractivity contribution in [2.45, 2.75) is 39.8 Å². The van der Waals surface area contributed by atoms with Crippen LogP contribution in [-0.2, 0) is 0 Å². The number of pyridine rings is 1. The Bertz CT molecular complexity index is 458. The Kier molecular flexibility index (Phi) is 5.76. The largest absolute Gasteiger partial charge is 0.349 e. The predicted octanol–water partition coefficient (Wildman–Crippen LogP) is 1.22. The SMILES string of the molecule is CC(C)N(CCNC(=O)c1cccc(=O)[nH]1)C(C)C. The number of nitrogens with zero attached hydrogens (tertiary/aromatic N) is 1. The van der Waals surface area contributed by atoms with E-state index in [0.717, 1.165) is 6.54 Å². The molecule has 0 aliphatic heterocycles. The number of H-pyrrole nitrogens is 1. The number of carbonyl (C=O) groups excluding carboxylic acids is 1. The minimum atomic E-state index is -0.265. The zero-order chi connectivity index (χ0) is 14.4. The van der Waals surface area contributed by atoms with E-state index in [2.05, 4.69) is 42.9 Å². The summed E-state index contributed by atoms with van der Waals surface area (Å²) in [5.41, 5.74) is 0.0341. The summed E-state index contributed by atoms with van der Waals surface area (Å²) < 4.78 is 0. The Morgan fingerprint density at radius 3 is 2.42 bits per heavy atom. The van der Waals surface area contributed by atoms with E-state index in [1.807, 2.05) is 0 Å². The second-order valence-corrected chi connectivity index (χ2v) is 5.11. The van der Waals surface area contributed by atoms with Crippen LogP contribution in [0.1, 0.15) is 38.2 Å². The predicted molar refractivity (Wildman–Crippen MR) is 76.4 cm³/mol. The third-order valence-electron chi connectivity index (χ3n) is 3.00. The first-order chi connectivity index (χ1) is 8.91. The Labute approximate surface area is 114 Å². The smallest absolute Gasteiger partial charge is 0.267 e. The van der Waals surface area contributed by atoms with Crippen molar-refractivity contribution in [2.24, 2.45) is 0 Å². The van der Waals surface area contributed by atoms with Gasteiger partial charge in [0.1, 0.15) is 5.69 Å². The molecule has 106 valence electrons. The summed E-state index contributed by atoms with van der Waals surface area (Å²) in [7, 11) is 0. The van der Waals surface area contributed by atoms with Gasteiger partial charge in [0.25, 0.3) is 5.91 Å². The summed E-state index contributed by atoms with van der Waals surface area (Å²) >= 11 is 0. The van der Waals surface area contributed by atoms with E-state index in [9.17, 15) is 9.59 Å². The van der Waals surface area contributed by atoms with E-state index in [-0.39, 0.29) is 11.5 Å². The van der Waals surface area contributed by atoms with Crippen molar-refractivity contribution in [1.29, 1.82) is 0 Å². The molecule has 1 amide bonds. The maximum atomic E-state index is 11.8. The summed E-state index contributed by atoms with van der Waals surface area (Å²) in [5, 5.41) is 2.82. The van der Waals surface area contributed by atoms with Gasteiger partial charge < -0.3 is 10.3 Å². The molecule has 0 saturated heterocycles. The molecule has 0 saturated carbocycles. The number of nitrogens with one attached hydrogen (secondary N) is 2. The number of amides is 1. The summed E-state index contributed by atoms with van der Waals surface area (Å²) in [4.78, 5) is 27.7. The van der Waals surface area contributed by atoms with Crippen molar-refractivity contribution in [3.63, 3.8) is 0 Å². The van der Waals surface area contributed by atoms with E-state index in [1.54, 1.807) is 12.1 Å². The highest BCUT2D eigenvalue weighted by Gasteiger charge is 2.13. The van der Waals surface area contributed by atoms with Gasteiger partial charge in [-0.15, -0.1) is 0 Å². The fourth-order valence-electron chi connectivity index (χ4n) is 2.09. The zero-order valence-electron chi connectivity index (χ0n) is 12.1. The van der Waals surface area contributed by atoms with Crippen molar-refractivity contribution in [3.8, 4) is 0 Å². The molecule has 1 heterocycles. The quantitative estimate of drug-likeness (QED) is 0.813. The van der Waals surface area contributed by atoms with Gasteiger partial charge in [-0.05, 0) is 33.8 Å². The van der Waals surface area contributed by atoms with Gasteiger partial charge in [-0.25, -0.2) is 0 Å². The van der Waals surface area contributed by atoms with Crippen molar-refractivity contribution in [3.05, 3.63) is 34.2 Å². The lowest BCUT2D eigenvalue weighted by Crippen LogP contribution is -2.42. The number of rotatable bonds is 6. The maximum Gasteiger partial charge on any atom is 0.267 e. The van der Waals surface area contributed by atoms with Gasteiger partial charge in [-0.2, -0.15) is 0 Å². The third kappa shape index (κ3) is 4.87. The fraction of sp³-hybridized carbons (Fsp3) is 0.571. The highest BCUT2D eigenvalue weighted by Crippen LogP contribution is 2.03. The summed E-state index contributed by atoms with van der Waals surface area (Å²) in [6.07, 6.45) is 0. The molecule has 0 unspecified atom stereocenters. The summed E-state index contributed by atoms with van der Waals surface area (Å²) in [5.74, 6) is -0.245. The van der Waals surface area contributed by atoms with Gasteiger partial charge >= 0.3 is 0 Å². The third-order valence-corrected chi connectivity index (χ3v) is 3.00. The molecule has 0 aliphatic carbocycles. The van der Waals surface area contributed by atoms with Crippen molar-refractivity contribution >= 4 is 5.91 Å². The number of aromatic amines is 1. The van der Waals surface area contributed by atoms with Crippen molar-refractivity contribution < 1.29 is 4.79 Å². The normalized spacial score (nSPS) is 11.3. The topological polar surface area (TPSA) is 65.2 Å². The lowest BCUT2D eigenvalue weighted by molar-refractivity contribution is 0.0934. The van der Waals surface area contributed by atoms with E-state index < -0.39 is 0 Å². The monoisotopic (exact) mass is 265 g/mol. The van der Waals surface area contributed by atoms with Gasteiger partial charge in [-0.3, -0.25) is 14.5 Å². The summed E-state index contributed by atoms with van der Waals surface area (Å²) in [6, 6.07) is 5.43. The highest BCUT2D eigenvalue weighted by atomic mass is 16.2. The molecular weight excluding hydrogens is 242 g/mol. The van der Waals surface area contributed by atoms with Gasteiger partial charge in [0.2, 0.25) is 5.56 Å². The van der Waals surface area contributed by atoms with Crippen molar-refractivity contribution in [2.75, 3.05) is 13.1 Å². The molecule has 0 atom stereocenters. The molecular formula is C14H23N3O2. The first-order valence-electron chi connectivity index (χ1n) is 6.65. The number of hydrogen-bond donors (Lipinski definition) is 2. The minimum Gasteiger partial charge on any atom is -0.349 e. The molecule has 5 nitrogen and oxygen atoms in total. The minimum absolute atomic E-state index is 0.245. The van der Waals surface area contributed by atoms with E-state index in [4.69, 9.17) is 0 Å². The lowest BCUT2D eigenvalue weighted by Gasteiger charge is -2.30. The Morgan fingerprint density at radius 2 is 1.89 bits per heavy atom. The van der Waals surface area contributed by atoms with Gasteiger partial charge in [-0.1, -0.05) is 6.07 Å². The van der Waals surface area contributed by atoms with Crippen LogP contribution in [-0.4, -0.2) is 41.0 Å². The van der Waals surface area contributed by atoms with Gasteiger partial charge in [0.15, 0.2) is 0 Å². The second-order valence-electron chi connectivity index (χ2n) is 5.11. The number of aromatic nitrogens is 1. The molecule has 0 spiro atoms. The zero-order valence-corrected chi connectivity index (χ0v) is 12.1. The maximum absolute atomic E-state index is 11.8. The molecule has 0 aromatic carbocycles. The Hall–Kier alpha value is -1.62. The highest BCUT2D eigenvalue weighted by molar-refractivity contribution is 5.92. The molecule has 1 rings (SSSR count). The lowest BCUT2D eigenvalue weighted by atomic mass is 10.2. The van der Waals surface area contributed by atoms with Crippen molar-refractivity contribution in [1.82, 2.24) is 15.2 Å². The standard InChI is InChI=1S/C14H23N3O2/c1-10(2)17(11(3)4)9-8-15-14(19)12-6-5-7-13(18)16-12/h5-7,10-11H,8-9H2,1-4H3,(H,15,19)(H,16,18). The average Bonchev–Trinajstić information content (AvgIpc) is 2.33. The molecule has 1 aromatic rings. The molecule has 0 aliphatic rings. The van der Waals surface area contributed by atoms with Crippen LogP contribution in [0, 0.1) is 0 Å². The Balaban J connectivity index is 2.49. The molecule has 19 heavy (non-hydrogen) atoms. The molecule has 1 aromatic heterocycles. The van der Waals surface area contributed by atoms with Crippen LogP contribution in [0.4, 0.5) is 0 Å². The van der Waals surface area contributed by atoms with Crippen LogP contribution in [0.15, 0.2) is 23.0 Å². The van der Waals surface area contributed by atoms with E-state index in [1.165, 1.54) is 6.07 Å². The molecule has 2 N–H and O–H groups in total. The van der Waals surface area contributed by atoms with Gasteiger partial charge in [0, 0.05) is 31.2 Å².